The van der Waals surface area contributed by atoms with Crippen molar-refractivity contribution in [1.29, 1.82) is 0 Å². The van der Waals surface area contributed by atoms with Gasteiger partial charge in [0, 0.05) is 5.28 Å². The average molecular weight is 342 g/mol. The van der Waals surface area contributed by atoms with Crippen LogP contribution >= 0.6 is 0 Å². The molecule has 0 fully saturated rings. The van der Waals surface area contributed by atoms with Gasteiger partial charge in [0.2, 0.25) is 6.08 Å². The highest BCUT2D eigenvalue weighted by Crippen LogP contribution is 2.21. The molecule has 138 valence electrons. The number of hydroxylamine groups is 2. The molecule has 8 nitrogen and oxygen atoms in total. The highest BCUT2D eigenvalue weighted by atomic mass is 16.9. The predicted octanol–water partition coefficient (Wildman–Crippen LogP) is 2.67. The second-order valence-electron chi connectivity index (χ2n) is 6.90. The van der Waals surface area contributed by atoms with Gasteiger partial charge in [0.05, 0.1) is 26.0 Å². The molecule has 1 rings (SSSR count). The number of carbonyl (C=O) groups excluding carboxylic acids is 1. The van der Waals surface area contributed by atoms with E-state index in [1.54, 1.807) is 18.4 Å². The molecule has 1 atom stereocenters. The molecule has 1 aliphatic rings. The number of nitrogens with zero attached hydrogens (tertiary/aromatic N) is 4. The van der Waals surface area contributed by atoms with Crippen molar-refractivity contribution in [3.8, 4) is 0 Å². The van der Waals surface area contributed by atoms with E-state index >= 15 is 0 Å². The molecule has 0 saturated heterocycles. The molecule has 8 heteroatoms. The number of aliphatic imine (C=N–C) groups is 1. The van der Waals surface area contributed by atoms with Gasteiger partial charge >= 0.3 is 0 Å². The summed E-state index contributed by atoms with van der Waals surface area (Å²) in [6, 6.07) is 0. The van der Waals surface area contributed by atoms with Gasteiger partial charge in [-0.25, -0.2) is 4.79 Å². The van der Waals surface area contributed by atoms with Gasteiger partial charge in [0.15, 0.2) is 6.17 Å². The highest BCUT2D eigenvalue weighted by Gasteiger charge is 2.34. The van der Waals surface area contributed by atoms with E-state index in [4.69, 9.17) is 14.5 Å². The molecule has 1 heterocycles. The van der Waals surface area contributed by atoms with E-state index in [2.05, 4.69) is 18.8 Å². The van der Waals surface area contributed by atoms with Crippen molar-refractivity contribution in [1.82, 2.24) is 15.6 Å². The van der Waals surface area contributed by atoms with E-state index < -0.39 is 6.17 Å². The van der Waals surface area contributed by atoms with Crippen LogP contribution in [0.5, 0.6) is 0 Å². The predicted molar refractivity (Wildman–Crippen MR) is 88.9 cm³/mol. The van der Waals surface area contributed by atoms with Crippen LogP contribution in [0.4, 0.5) is 0 Å². The minimum absolute atomic E-state index is 0.300. The second kappa shape index (κ2) is 10.6. The first-order chi connectivity index (χ1) is 11.3. The molecular formula is C16H30N4O4. The fraction of sp³-hybridized carbons (Fsp3) is 0.812. The molecule has 0 bridgehead atoms. The SMILES string of the molecule is CC(C)CON1C=CC(N=C=O)N(OCC(C)C)N1OCC(C)C. The summed E-state index contributed by atoms with van der Waals surface area (Å²) >= 11 is 0. The summed E-state index contributed by atoms with van der Waals surface area (Å²) < 4.78 is 0. The number of hydrogen-bond acceptors (Lipinski definition) is 8. The third kappa shape index (κ3) is 7.09. The fourth-order valence-electron chi connectivity index (χ4n) is 1.61. The van der Waals surface area contributed by atoms with Gasteiger partial charge < -0.3 is 0 Å². The Labute approximate surface area is 144 Å². The molecule has 0 aromatic heterocycles. The van der Waals surface area contributed by atoms with E-state index in [0.29, 0.717) is 37.6 Å². The number of hydrogen-bond donors (Lipinski definition) is 0. The Kier molecular flexibility index (Phi) is 9.13. The van der Waals surface area contributed by atoms with Crippen LogP contribution in [0, 0.1) is 17.8 Å². The average Bonchev–Trinajstić information content (AvgIpc) is 2.50. The van der Waals surface area contributed by atoms with Gasteiger partial charge in [-0.05, 0) is 29.0 Å². The Balaban J connectivity index is 2.96. The summed E-state index contributed by atoms with van der Waals surface area (Å²) in [7, 11) is 0. The van der Waals surface area contributed by atoms with Crippen molar-refractivity contribution in [2.24, 2.45) is 22.7 Å². The maximum atomic E-state index is 10.7. The van der Waals surface area contributed by atoms with Gasteiger partial charge in [-0.2, -0.15) is 4.99 Å². The Hall–Kier alpha value is -1.28. The number of rotatable bonds is 10. The summed E-state index contributed by atoms with van der Waals surface area (Å²) in [5.74, 6) is 0.956. The molecule has 0 saturated carbocycles. The molecule has 0 aromatic rings. The number of isocyanates is 1. The minimum atomic E-state index is -0.660. The van der Waals surface area contributed by atoms with Crippen LogP contribution in [0.1, 0.15) is 41.5 Å². The first kappa shape index (κ1) is 20.8. The fourth-order valence-corrected chi connectivity index (χ4v) is 1.61. The summed E-state index contributed by atoms with van der Waals surface area (Å²) in [6.45, 7) is 13.7. The zero-order chi connectivity index (χ0) is 18.1. The first-order valence-electron chi connectivity index (χ1n) is 8.37. The van der Waals surface area contributed by atoms with Gasteiger partial charge in [-0.3, -0.25) is 14.5 Å². The summed E-state index contributed by atoms with van der Waals surface area (Å²) in [4.78, 5) is 31.8. The highest BCUT2D eigenvalue weighted by molar-refractivity contribution is 5.34. The summed E-state index contributed by atoms with van der Waals surface area (Å²) in [6.07, 6.45) is 4.24. The van der Waals surface area contributed by atoms with E-state index in [9.17, 15) is 4.79 Å². The van der Waals surface area contributed by atoms with E-state index in [1.165, 1.54) is 15.6 Å². The van der Waals surface area contributed by atoms with Crippen molar-refractivity contribution >= 4 is 6.08 Å². The van der Waals surface area contributed by atoms with Crippen molar-refractivity contribution < 1.29 is 19.3 Å². The smallest absolute Gasteiger partial charge is 0.237 e. The maximum Gasteiger partial charge on any atom is 0.237 e. The second-order valence-corrected chi connectivity index (χ2v) is 6.90. The van der Waals surface area contributed by atoms with Crippen LogP contribution in [0.15, 0.2) is 17.3 Å². The maximum absolute atomic E-state index is 10.7. The van der Waals surface area contributed by atoms with E-state index in [1.807, 2.05) is 27.7 Å². The quantitative estimate of drug-likeness (QED) is 0.446. The lowest BCUT2D eigenvalue weighted by Gasteiger charge is -2.42. The van der Waals surface area contributed by atoms with Gasteiger partial charge in [0.1, 0.15) is 0 Å². The third-order valence-corrected chi connectivity index (χ3v) is 2.74. The molecule has 1 unspecified atom stereocenters. The zero-order valence-electron chi connectivity index (χ0n) is 15.5. The third-order valence-electron chi connectivity index (χ3n) is 2.74. The van der Waals surface area contributed by atoms with Gasteiger partial charge in [-0.15, -0.1) is 5.17 Å². The zero-order valence-corrected chi connectivity index (χ0v) is 15.5. The Bertz CT molecular complexity index is 436. The molecule has 0 radical (unpaired) electrons. The van der Waals surface area contributed by atoms with Crippen LogP contribution < -0.4 is 0 Å². The Morgan fingerprint density at radius 2 is 1.50 bits per heavy atom. The van der Waals surface area contributed by atoms with E-state index in [0.717, 1.165) is 0 Å². The van der Waals surface area contributed by atoms with Crippen LogP contribution in [-0.4, -0.2) is 47.7 Å². The molecule has 0 spiro atoms. The molecule has 24 heavy (non-hydrogen) atoms. The topological polar surface area (TPSA) is 66.8 Å². The van der Waals surface area contributed by atoms with Gasteiger partial charge in [0.25, 0.3) is 0 Å². The molecule has 1 aliphatic heterocycles. The van der Waals surface area contributed by atoms with Crippen LogP contribution in [0.2, 0.25) is 0 Å². The van der Waals surface area contributed by atoms with Crippen LogP contribution in [-0.2, 0) is 19.3 Å². The van der Waals surface area contributed by atoms with Crippen molar-refractivity contribution in [2.45, 2.75) is 47.7 Å². The molecule has 0 aromatic carbocycles. The molecular weight excluding hydrogens is 312 g/mol. The van der Waals surface area contributed by atoms with Gasteiger partial charge in [-0.1, -0.05) is 41.5 Å². The van der Waals surface area contributed by atoms with Crippen molar-refractivity contribution in [2.75, 3.05) is 19.8 Å². The lowest BCUT2D eigenvalue weighted by molar-refractivity contribution is -0.537. The van der Waals surface area contributed by atoms with Crippen LogP contribution in [0.3, 0.4) is 0 Å². The molecule has 0 N–H and O–H groups in total. The first-order valence-corrected chi connectivity index (χ1v) is 8.37. The monoisotopic (exact) mass is 342 g/mol. The lowest BCUT2D eigenvalue weighted by atomic mass is 10.2. The summed E-state index contributed by atoms with van der Waals surface area (Å²) in [5.41, 5.74) is 0. The van der Waals surface area contributed by atoms with Crippen molar-refractivity contribution in [3.05, 3.63) is 12.3 Å². The van der Waals surface area contributed by atoms with Crippen molar-refractivity contribution in [3.63, 3.8) is 0 Å². The molecule has 0 amide bonds. The lowest BCUT2D eigenvalue weighted by Crippen LogP contribution is -2.57. The Morgan fingerprint density at radius 3 is 2.04 bits per heavy atom. The standard InChI is InChI=1S/C16H30N4O4/c1-13(2)9-22-18-8-7-16(17-12-21)19(23-10-14(3)4)20(18)24-11-15(5)6/h7-8,13-16H,9-11H2,1-6H3. The summed E-state index contributed by atoms with van der Waals surface area (Å²) in [5, 5.41) is 4.18. The minimum Gasteiger partial charge on any atom is -0.278 e. The normalized spacial score (nSPS) is 19.5. The number of hydrazine groups is 2. The van der Waals surface area contributed by atoms with Crippen LogP contribution in [0.25, 0.3) is 0 Å². The largest absolute Gasteiger partial charge is 0.278 e. The van der Waals surface area contributed by atoms with E-state index in [-0.39, 0.29) is 0 Å². The Morgan fingerprint density at radius 1 is 0.958 bits per heavy atom. The molecule has 0 aliphatic carbocycles.